The highest BCUT2D eigenvalue weighted by atomic mass is 16.5. The first kappa shape index (κ1) is 13.1. The lowest BCUT2D eigenvalue weighted by molar-refractivity contribution is 0.0695. The molecule has 0 bridgehead atoms. The number of methoxy groups -OCH3 is 1. The predicted molar refractivity (Wildman–Crippen MR) is 76.7 cm³/mol. The molecule has 0 aliphatic carbocycles. The van der Waals surface area contributed by atoms with Crippen molar-refractivity contribution in [3.05, 3.63) is 47.9 Å². The van der Waals surface area contributed by atoms with E-state index in [-0.39, 0.29) is 5.56 Å². The van der Waals surface area contributed by atoms with E-state index >= 15 is 0 Å². The van der Waals surface area contributed by atoms with Gasteiger partial charge in [-0.05, 0) is 24.6 Å². The summed E-state index contributed by atoms with van der Waals surface area (Å²) in [6.07, 6.45) is 3.04. The van der Waals surface area contributed by atoms with E-state index < -0.39 is 5.97 Å². The molecule has 0 spiro atoms. The van der Waals surface area contributed by atoms with Crippen molar-refractivity contribution in [2.24, 2.45) is 0 Å². The minimum absolute atomic E-state index is 0.141. The molecule has 0 fully saturated rings. The van der Waals surface area contributed by atoms with E-state index in [4.69, 9.17) is 9.84 Å². The standard InChI is InChI=1S/C15H13N3O3/c1-9-12(15(19)20)7-16-14-13(8-17-18(9)14)10-4-3-5-11(6-10)21-2/h3-8H,1-2H3,(H,19,20). The van der Waals surface area contributed by atoms with Gasteiger partial charge in [0.25, 0.3) is 0 Å². The molecular formula is C15H13N3O3. The molecule has 0 saturated carbocycles. The van der Waals surface area contributed by atoms with Gasteiger partial charge in [0.05, 0.1) is 24.6 Å². The summed E-state index contributed by atoms with van der Waals surface area (Å²) in [6.45, 7) is 1.71. The van der Waals surface area contributed by atoms with Crippen LogP contribution in [0.2, 0.25) is 0 Å². The SMILES string of the molecule is COc1cccc(-c2cnn3c(C)c(C(=O)O)cnc23)c1. The summed E-state index contributed by atoms with van der Waals surface area (Å²) in [5.74, 6) is -0.272. The molecule has 0 amide bonds. The summed E-state index contributed by atoms with van der Waals surface area (Å²) in [7, 11) is 1.61. The normalized spacial score (nSPS) is 10.8. The molecule has 0 aliphatic heterocycles. The van der Waals surface area contributed by atoms with Crippen molar-refractivity contribution in [2.45, 2.75) is 6.92 Å². The maximum Gasteiger partial charge on any atom is 0.339 e. The van der Waals surface area contributed by atoms with Gasteiger partial charge in [-0.25, -0.2) is 14.3 Å². The highest BCUT2D eigenvalue weighted by Gasteiger charge is 2.15. The van der Waals surface area contributed by atoms with Gasteiger partial charge in [0, 0.05) is 11.8 Å². The van der Waals surface area contributed by atoms with E-state index in [9.17, 15) is 4.79 Å². The zero-order chi connectivity index (χ0) is 15.0. The van der Waals surface area contributed by atoms with Crippen molar-refractivity contribution < 1.29 is 14.6 Å². The molecule has 6 nitrogen and oxygen atoms in total. The predicted octanol–water partition coefficient (Wildman–Crippen LogP) is 2.41. The number of carbonyl (C=O) groups is 1. The Hall–Kier alpha value is -2.89. The molecule has 3 rings (SSSR count). The minimum atomic E-state index is -1.01. The zero-order valence-electron chi connectivity index (χ0n) is 11.6. The van der Waals surface area contributed by atoms with E-state index in [0.717, 1.165) is 16.9 Å². The first-order chi connectivity index (χ1) is 10.1. The third-order valence-corrected chi connectivity index (χ3v) is 3.38. The maximum atomic E-state index is 11.1. The van der Waals surface area contributed by atoms with Crippen LogP contribution < -0.4 is 4.74 Å². The summed E-state index contributed by atoms with van der Waals surface area (Å²) < 4.78 is 6.75. The third-order valence-electron chi connectivity index (χ3n) is 3.38. The van der Waals surface area contributed by atoms with Crippen molar-refractivity contribution >= 4 is 11.6 Å². The summed E-state index contributed by atoms with van der Waals surface area (Å²) >= 11 is 0. The van der Waals surface area contributed by atoms with Crippen LogP contribution in [0.1, 0.15) is 16.1 Å². The Balaban J connectivity index is 2.21. The maximum absolute atomic E-state index is 11.1. The third kappa shape index (κ3) is 2.10. The number of nitrogens with zero attached hydrogens (tertiary/aromatic N) is 3. The molecular weight excluding hydrogens is 270 g/mol. The second kappa shape index (κ2) is 4.90. The quantitative estimate of drug-likeness (QED) is 0.798. The Morgan fingerprint density at radius 1 is 1.33 bits per heavy atom. The molecule has 21 heavy (non-hydrogen) atoms. The molecule has 2 aromatic heterocycles. The Kier molecular flexibility index (Phi) is 3.06. The van der Waals surface area contributed by atoms with Crippen LogP contribution in [-0.2, 0) is 0 Å². The lowest BCUT2D eigenvalue weighted by Gasteiger charge is -2.05. The average Bonchev–Trinajstić information content (AvgIpc) is 2.92. The van der Waals surface area contributed by atoms with E-state index in [1.165, 1.54) is 10.7 Å². The van der Waals surface area contributed by atoms with Gasteiger partial charge >= 0.3 is 5.97 Å². The van der Waals surface area contributed by atoms with Crippen LogP contribution in [0.4, 0.5) is 0 Å². The monoisotopic (exact) mass is 283 g/mol. The van der Waals surface area contributed by atoms with Crippen LogP contribution in [0.3, 0.4) is 0 Å². The molecule has 0 atom stereocenters. The van der Waals surface area contributed by atoms with Crippen molar-refractivity contribution in [3.63, 3.8) is 0 Å². The number of aromatic nitrogens is 3. The van der Waals surface area contributed by atoms with Gasteiger partial charge in [0.1, 0.15) is 5.75 Å². The van der Waals surface area contributed by atoms with Gasteiger partial charge in [-0.15, -0.1) is 0 Å². The second-order valence-electron chi connectivity index (χ2n) is 4.59. The fraction of sp³-hybridized carbons (Fsp3) is 0.133. The number of rotatable bonds is 3. The number of aryl methyl sites for hydroxylation is 1. The largest absolute Gasteiger partial charge is 0.497 e. The number of carboxylic acid groups (broad SMARTS) is 1. The van der Waals surface area contributed by atoms with Crippen molar-refractivity contribution in [1.82, 2.24) is 14.6 Å². The Morgan fingerprint density at radius 2 is 2.14 bits per heavy atom. The number of carboxylic acids is 1. The van der Waals surface area contributed by atoms with Gasteiger partial charge in [-0.2, -0.15) is 5.10 Å². The number of fused-ring (bicyclic) bond motifs is 1. The number of hydrogen-bond donors (Lipinski definition) is 1. The fourth-order valence-electron chi connectivity index (χ4n) is 2.25. The van der Waals surface area contributed by atoms with E-state index in [1.807, 2.05) is 24.3 Å². The van der Waals surface area contributed by atoms with Gasteiger partial charge in [0.2, 0.25) is 0 Å². The Bertz CT molecular complexity index is 839. The Labute approximate surface area is 120 Å². The van der Waals surface area contributed by atoms with Crippen LogP contribution in [-0.4, -0.2) is 32.8 Å². The molecule has 106 valence electrons. The molecule has 0 aliphatic rings. The zero-order valence-corrected chi connectivity index (χ0v) is 11.6. The summed E-state index contributed by atoms with van der Waals surface area (Å²) in [5, 5.41) is 13.4. The molecule has 1 N–H and O–H groups in total. The second-order valence-corrected chi connectivity index (χ2v) is 4.59. The minimum Gasteiger partial charge on any atom is -0.497 e. The number of hydrogen-bond acceptors (Lipinski definition) is 4. The van der Waals surface area contributed by atoms with Gasteiger partial charge in [0.15, 0.2) is 5.65 Å². The summed E-state index contributed by atoms with van der Waals surface area (Å²) in [4.78, 5) is 15.4. The van der Waals surface area contributed by atoms with Crippen LogP contribution in [0.5, 0.6) is 5.75 Å². The van der Waals surface area contributed by atoms with Gasteiger partial charge in [-0.3, -0.25) is 0 Å². The number of aromatic carboxylic acids is 1. The van der Waals surface area contributed by atoms with Crippen molar-refractivity contribution in [1.29, 1.82) is 0 Å². The van der Waals surface area contributed by atoms with E-state index in [2.05, 4.69) is 10.1 Å². The highest BCUT2D eigenvalue weighted by molar-refractivity contribution is 5.89. The molecule has 0 unspecified atom stereocenters. The molecule has 1 aromatic carbocycles. The molecule has 6 heteroatoms. The first-order valence-electron chi connectivity index (χ1n) is 6.33. The fourth-order valence-corrected chi connectivity index (χ4v) is 2.25. The van der Waals surface area contributed by atoms with E-state index in [0.29, 0.717) is 11.3 Å². The molecule has 3 aromatic rings. The van der Waals surface area contributed by atoms with Gasteiger partial charge < -0.3 is 9.84 Å². The summed E-state index contributed by atoms with van der Waals surface area (Å²) in [5.41, 5.74) is 3.04. The average molecular weight is 283 g/mol. The summed E-state index contributed by atoms with van der Waals surface area (Å²) in [6, 6.07) is 7.56. The molecule has 0 radical (unpaired) electrons. The van der Waals surface area contributed by atoms with Crippen molar-refractivity contribution in [3.8, 4) is 16.9 Å². The van der Waals surface area contributed by atoms with Crippen LogP contribution >= 0.6 is 0 Å². The topological polar surface area (TPSA) is 76.7 Å². The van der Waals surface area contributed by atoms with Crippen LogP contribution in [0.15, 0.2) is 36.7 Å². The number of ether oxygens (including phenoxy) is 1. The molecule has 2 heterocycles. The van der Waals surface area contributed by atoms with Gasteiger partial charge in [-0.1, -0.05) is 12.1 Å². The van der Waals surface area contributed by atoms with Crippen LogP contribution in [0.25, 0.3) is 16.8 Å². The lowest BCUT2D eigenvalue weighted by Crippen LogP contribution is -2.06. The van der Waals surface area contributed by atoms with Crippen molar-refractivity contribution in [2.75, 3.05) is 7.11 Å². The Morgan fingerprint density at radius 3 is 2.86 bits per heavy atom. The van der Waals surface area contributed by atoms with E-state index in [1.54, 1.807) is 20.2 Å². The number of benzene rings is 1. The highest BCUT2D eigenvalue weighted by Crippen LogP contribution is 2.27. The molecule has 0 saturated heterocycles. The smallest absolute Gasteiger partial charge is 0.339 e. The lowest BCUT2D eigenvalue weighted by atomic mass is 10.1. The first-order valence-corrected chi connectivity index (χ1v) is 6.33. The van der Waals surface area contributed by atoms with Crippen LogP contribution in [0, 0.1) is 6.92 Å².